The van der Waals surface area contributed by atoms with Crippen molar-refractivity contribution in [2.24, 2.45) is 0 Å². The normalized spacial score (nSPS) is 13.1. The standard InChI is InChI=1S/C15H21NO7/c1-10(2)14(18)21-11(3)8-12(6-4-5-7-20-9-17)13-16-23-15(19)22-13/h9,11-12H,1,4-8H2,2-3H3. The zero-order valence-electron chi connectivity index (χ0n) is 13.3. The lowest BCUT2D eigenvalue weighted by Gasteiger charge is -2.18. The van der Waals surface area contributed by atoms with Gasteiger partial charge in [0.25, 0.3) is 6.47 Å². The van der Waals surface area contributed by atoms with Crippen LogP contribution < -0.4 is 5.82 Å². The predicted octanol–water partition coefficient (Wildman–Crippen LogP) is 1.95. The first-order valence-corrected chi connectivity index (χ1v) is 7.32. The molecule has 8 heteroatoms. The maximum atomic E-state index is 11.5. The summed E-state index contributed by atoms with van der Waals surface area (Å²) in [5.41, 5.74) is 0.312. The maximum absolute atomic E-state index is 11.5. The fourth-order valence-electron chi connectivity index (χ4n) is 2.06. The van der Waals surface area contributed by atoms with E-state index in [0.29, 0.717) is 37.9 Å². The molecule has 0 spiro atoms. The van der Waals surface area contributed by atoms with Crippen molar-refractivity contribution >= 4 is 12.4 Å². The molecule has 0 N–H and O–H groups in total. The van der Waals surface area contributed by atoms with Gasteiger partial charge in [0.1, 0.15) is 6.10 Å². The topological polar surface area (TPSA) is 109 Å². The Balaban J connectivity index is 2.60. The van der Waals surface area contributed by atoms with Crippen LogP contribution in [0.2, 0.25) is 0 Å². The van der Waals surface area contributed by atoms with Crippen molar-refractivity contribution in [3.8, 4) is 0 Å². The molecule has 1 aromatic heterocycles. The fourth-order valence-corrected chi connectivity index (χ4v) is 2.06. The SMILES string of the molecule is C=C(C)C(=O)OC(C)CC(CCCCOC=O)c1noc(=O)o1. The van der Waals surface area contributed by atoms with Gasteiger partial charge in [0, 0.05) is 11.5 Å². The lowest BCUT2D eigenvalue weighted by molar-refractivity contribution is -0.143. The zero-order valence-corrected chi connectivity index (χ0v) is 13.3. The van der Waals surface area contributed by atoms with E-state index >= 15 is 0 Å². The van der Waals surface area contributed by atoms with Gasteiger partial charge >= 0.3 is 11.8 Å². The monoisotopic (exact) mass is 327 g/mol. The van der Waals surface area contributed by atoms with Crippen molar-refractivity contribution in [2.45, 2.75) is 51.6 Å². The largest absolute Gasteiger partial charge is 0.542 e. The molecule has 2 unspecified atom stereocenters. The van der Waals surface area contributed by atoms with E-state index in [9.17, 15) is 14.4 Å². The molecule has 0 aliphatic rings. The minimum Gasteiger partial charge on any atom is -0.468 e. The fraction of sp³-hybridized carbons (Fsp3) is 0.600. The summed E-state index contributed by atoms with van der Waals surface area (Å²) in [7, 11) is 0. The Morgan fingerprint density at radius 3 is 2.74 bits per heavy atom. The third-order valence-corrected chi connectivity index (χ3v) is 3.15. The van der Waals surface area contributed by atoms with Crippen LogP contribution in [-0.4, -0.2) is 30.3 Å². The third-order valence-electron chi connectivity index (χ3n) is 3.15. The number of ether oxygens (including phenoxy) is 2. The van der Waals surface area contributed by atoms with E-state index in [1.165, 1.54) is 0 Å². The van der Waals surface area contributed by atoms with E-state index in [-0.39, 0.29) is 11.8 Å². The van der Waals surface area contributed by atoms with Gasteiger partial charge in [-0.15, -0.1) is 0 Å². The van der Waals surface area contributed by atoms with Crippen LogP contribution in [0.4, 0.5) is 0 Å². The van der Waals surface area contributed by atoms with Gasteiger partial charge in [-0.2, -0.15) is 0 Å². The summed E-state index contributed by atoms with van der Waals surface area (Å²) < 4.78 is 19.2. The molecule has 2 atom stereocenters. The van der Waals surface area contributed by atoms with Crippen molar-refractivity contribution in [2.75, 3.05) is 6.61 Å². The second-order valence-electron chi connectivity index (χ2n) is 5.26. The maximum Gasteiger partial charge on any atom is 0.542 e. The number of carbonyl (C=O) groups is 2. The highest BCUT2D eigenvalue weighted by Gasteiger charge is 2.23. The van der Waals surface area contributed by atoms with E-state index < -0.39 is 17.9 Å². The quantitative estimate of drug-likeness (QED) is 0.262. The summed E-state index contributed by atoms with van der Waals surface area (Å²) in [6.45, 7) is 7.54. The summed E-state index contributed by atoms with van der Waals surface area (Å²) >= 11 is 0. The van der Waals surface area contributed by atoms with Crippen LogP contribution in [-0.2, 0) is 19.1 Å². The van der Waals surface area contributed by atoms with Crippen LogP contribution in [0.25, 0.3) is 0 Å². The molecule has 0 amide bonds. The molecule has 1 aromatic rings. The lowest BCUT2D eigenvalue weighted by Crippen LogP contribution is -2.18. The average Bonchev–Trinajstić information content (AvgIpc) is 2.92. The molecular weight excluding hydrogens is 306 g/mol. The Morgan fingerprint density at radius 2 is 2.17 bits per heavy atom. The minimum atomic E-state index is -0.874. The van der Waals surface area contributed by atoms with Crippen molar-refractivity contribution in [3.05, 3.63) is 28.7 Å². The third kappa shape index (κ3) is 6.94. The highest BCUT2D eigenvalue weighted by Crippen LogP contribution is 2.26. The number of carbonyl (C=O) groups excluding carboxylic acids is 2. The van der Waals surface area contributed by atoms with Crippen molar-refractivity contribution in [1.82, 2.24) is 5.16 Å². The zero-order chi connectivity index (χ0) is 17.2. The van der Waals surface area contributed by atoms with Gasteiger partial charge in [-0.05, 0) is 44.7 Å². The summed E-state index contributed by atoms with van der Waals surface area (Å²) in [5.74, 6) is -1.42. The highest BCUT2D eigenvalue weighted by molar-refractivity contribution is 5.87. The van der Waals surface area contributed by atoms with Crippen LogP contribution in [0, 0.1) is 0 Å². The summed E-state index contributed by atoms with van der Waals surface area (Å²) in [6.07, 6.45) is 2.01. The van der Waals surface area contributed by atoms with E-state index in [4.69, 9.17) is 9.15 Å². The first kappa shape index (κ1) is 18.7. The van der Waals surface area contributed by atoms with Gasteiger partial charge in [-0.25, -0.2) is 9.59 Å². The number of hydrogen-bond acceptors (Lipinski definition) is 8. The molecule has 0 aliphatic carbocycles. The first-order valence-electron chi connectivity index (χ1n) is 7.32. The molecule has 0 saturated heterocycles. The molecule has 0 bridgehead atoms. The van der Waals surface area contributed by atoms with Gasteiger partial charge in [0.2, 0.25) is 5.89 Å². The van der Waals surface area contributed by atoms with Crippen LogP contribution in [0.1, 0.15) is 51.3 Å². The Kier molecular flexibility index (Phi) is 7.79. The van der Waals surface area contributed by atoms with E-state index in [2.05, 4.69) is 21.0 Å². The summed E-state index contributed by atoms with van der Waals surface area (Å²) in [5, 5.41) is 3.60. The van der Waals surface area contributed by atoms with E-state index in [1.807, 2.05) is 0 Å². The van der Waals surface area contributed by atoms with Crippen molar-refractivity contribution < 1.29 is 28.0 Å². The lowest BCUT2D eigenvalue weighted by atomic mass is 9.95. The van der Waals surface area contributed by atoms with Gasteiger partial charge in [0.05, 0.1) is 6.61 Å². The predicted molar refractivity (Wildman–Crippen MR) is 78.6 cm³/mol. The Hall–Kier alpha value is -2.38. The molecule has 8 nitrogen and oxygen atoms in total. The number of rotatable bonds is 11. The van der Waals surface area contributed by atoms with Crippen molar-refractivity contribution in [1.29, 1.82) is 0 Å². The number of nitrogens with zero attached hydrogens (tertiary/aromatic N) is 1. The molecule has 0 saturated carbocycles. The molecule has 0 fully saturated rings. The molecule has 23 heavy (non-hydrogen) atoms. The molecule has 0 radical (unpaired) electrons. The van der Waals surface area contributed by atoms with Crippen LogP contribution >= 0.6 is 0 Å². The summed E-state index contributed by atoms with van der Waals surface area (Å²) in [4.78, 5) is 32.6. The Labute approximate surface area is 133 Å². The second kappa shape index (κ2) is 9.60. The van der Waals surface area contributed by atoms with Crippen molar-refractivity contribution in [3.63, 3.8) is 0 Å². The van der Waals surface area contributed by atoms with Crippen LogP contribution in [0.15, 0.2) is 25.9 Å². The number of esters is 1. The molecule has 1 rings (SSSR count). The second-order valence-corrected chi connectivity index (χ2v) is 5.26. The molecule has 128 valence electrons. The van der Waals surface area contributed by atoms with Crippen LogP contribution in [0.3, 0.4) is 0 Å². The number of unbranched alkanes of at least 4 members (excludes halogenated alkanes) is 1. The van der Waals surface area contributed by atoms with Gasteiger partial charge in [0.15, 0.2) is 0 Å². The minimum absolute atomic E-state index is 0.171. The number of hydrogen-bond donors (Lipinski definition) is 0. The smallest absolute Gasteiger partial charge is 0.468 e. The number of aromatic nitrogens is 1. The van der Waals surface area contributed by atoms with Gasteiger partial charge < -0.3 is 13.9 Å². The summed E-state index contributed by atoms with van der Waals surface area (Å²) in [6, 6.07) is 0. The van der Waals surface area contributed by atoms with Gasteiger partial charge in [-0.1, -0.05) is 6.58 Å². The Morgan fingerprint density at radius 1 is 1.43 bits per heavy atom. The molecule has 1 heterocycles. The Bertz CT molecular complexity index is 574. The van der Waals surface area contributed by atoms with Crippen LogP contribution in [0.5, 0.6) is 0 Å². The van der Waals surface area contributed by atoms with E-state index in [1.54, 1.807) is 13.8 Å². The van der Waals surface area contributed by atoms with E-state index in [0.717, 1.165) is 6.42 Å². The highest BCUT2D eigenvalue weighted by atomic mass is 16.6. The molecular formula is C15H21NO7. The average molecular weight is 327 g/mol. The molecule has 0 aromatic carbocycles. The van der Waals surface area contributed by atoms with Gasteiger partial charge in [-0.3, -0.25) is 9.32 Å². The first-order chi connectivity index (χ1) is 10.9. The molecule has 0 aliphatic heterocycles.